The molecule has 1 aromatic rings. The van der Waals surface area contributed by atoms with Crippen molar-refractivity contribution in [2.24, 2.45) is 17.3 Å². The second kappa shape index (κ2) is 6.03. The van der Waals surface area contributed by atoms with Crippen LogP contribution in [0.15, 0.2) is 12.1 Å². The lowest BCUT2D eigenvalue weighted by molar-refractivity contribution is -0.300. The Labute approximate surface area is 191 Å². The Kier molecular flexibility index (Phi) is 3.79. The molecule has 0 radical (unpaired) electrons. The standard InChI is InChI=1S/C27H37NO4/c1-24(2,29)19-14-25-9-10-27(19,31-4)23-26(25)11-12-28(15-16-5-6-16)20(25)13-17-7-8-18(30-3)22(32-23)21(17)26/h7-8,16,19-20,23,29H,5-6,9-15H2,1-4H3/t19-,20?,23?,25?,26+,27?/m1/s1. The number of likely N-dealkylation sites (tertiary alicyclic amines) is 1. The highest BCUT2D eigenvalue weighted by Gasteiger charge is 2.81. The molecule has 2 spiro atoms. The molecule has 1 saturated heterocycles. The molecular formula is C27H37NO4. The summed E-state index contributed by atoms with van der Waals surface area (Å²) in [6, 6.07) is 4.94. The molecule has 2 aliphatic heterocycles. The zero-order valence-electron chi connectivity index (χ0n) is 19.9. The third-order valence-corrected chi connectivity index (χ3v) is 10.7. The van der Waals surface area contributed by atoms with Crippen LogP contribution >= 0.6 is 0 Å². The molecule has 4 saturated carbocycles. The maximum atomic E-state index is 11.4. The van der Waals surface area contributed by atoms with Gasteiger partial charge in [-0.2, -0.15) is 0 Å². The van der Waals surface area contributed by atoms with Gasteiger partial charge in [-0.05, 0) is 82.9 Å². The van der Waals surface area contributed by atoms with Crippen molar-refractivity contribution >= 4 is 0 Å². The number of methoxy groups -OCH3 is 2. The molecule has 5 nitrogen and oxygen atoms in total. The van der Waals surface area contributed by atoms with Gasteiger partial charge in [0, 0.05) is 42.0 Å². The quantitative estimate of drug-likeness (QED) is 0.758. The van der Waals surface area contributed by atoms with Crippen molar-refractivity contribution in [1.29, 1.82) is 0 Å². The van der Waals surface area contributed by atoms with Crippen LogP contribution in [0, 0.1) is 17.3 Å². The van der Waals surface area contributed by atoms with Crippen molar-refractivity contribution in [1.82, 2.24) is 4.90 Å². The molecule has 174 valence electrons. The van der Waals surface area contributed by atoms with Crippen molar-refractivity contribution in [2.75, 3.05) is 27.3 Å². The van der Waals surface area contributed by atoms with Crippen LogP contribution in [0.5, 0.6) is 11.5 Å². The molecule has 5 aliphatic carbocycles. The van der Waals surface area contributed by atoms with E-state index in [0.717, 1.165) is 56.1 Å². The first kappa shape index (κ1) is 20.1. The highest BCUT2D eigenvalue weighted by molar-refractivity contribution is 5.63. The fourth-order valence-electron chi connectivity index (χ4n) is 9.38. The first-order valence-corrected chi connectivity index (χ1v) is 12.7. The Morgan fingerprint density at radius 3 is 2.69 bits per heavy atom. The SMILES string of the molecule is COc1ccc2c3c1OC1C4(OC)CCC5(C[C@@H]4C(C)(C)O)C(C2)N(CC2CC2)CC[C@]315. The average molecular weight is 440 g/mol. The smallest absolute Gasteiger partial charge is 0.165 e. The lowest BCUT2D eigenvalue weighted by Crippen LogP contribution is -2.82. The minimum atomic E-state index is -0.816. The van der Waals surface area contributed by atoms with Crippen LogP contribution in [0.25, 0.3) is 0 Å². The van der Waals surface area contributed by atoms with Crippen LogP contribution in [-0.4, -0.2) is 60.7 Å². The number of rotatable bonds is 5. The maximum absolute atomic E-state index is 11.4. The molecular weight excluding hydrogens is 402 g/mol. The number of ether oxygens (including phenoxy) is 3. The maximum Gasteiger partial charge on any atom is 0.165 e. The number of piperidine rings is 1. The van der Waals surface area contributed by atoms with E-state index in [0.29, 0.717) is 6.04 Å². The summed E-state index contributed by atoms with van der Waals surface area (Å²) in [6.45, 7) is 6.36. The van der Waals surface area contributed by atoms with Gasteiger partial charge in [-0.15, -0.1) is 0 Å². The van der Waals surface area contributed by atoms with E-state index in [1.165, 1.54) is 30.5 Å². The summed E-state index contributed by atoms with van der Waals surface area (Å²) in [4.78, 5) is 2.84. The number of benzene rings is 1. The molecule has 2 heterocycles. The molecule has 8 rings (SSSR count). The number of aliphatic hydroxyl groups is 1. The molecule has 4 unspecified atom stereocenters. The van der Waals surface area contributed by atoms with E-state index >= 15 is 0 Å². The zero-order valence-corrected chi connectivity index (χ0v) is 19.9. The van der Waals surface area contributed by atoms with Gasteiger partial charge in [0.25, 0.3) is 0 Å². The molecule has 4 bridgehead atoms. The monoisotopic (exact) mass is 439 g/mol. The van der Waals surface area contributed by atoms with Crippen LogP contribution in [-0.2, 0) is 16.6 Å². The molecule has 0 aromatic heterocycles. The van der Waals surface area contributed by atoms with E-state index in [1.807, 2.05) is 21.0 Å². The van der Waals surface area contributed by atoms with Gasteiger partial charge >= 0.3 is 0 Å². The van der Waals surface area contributed by atoms with Gasteiger partial charge in [0.1, 0.15) is 11.7 Å². The molecule has 1 N–H and O–H groups in total. The lowest BCUT2D eigenvalue weighted by Gasteiger charge is -2.75. The minimum Gasteiger partial charge on any atom is -0.493 e. The van der Waals surface area contributed by atoms with Gasteiger partial charge in [-0.25, -0.2) is 0 Å². The first-order chi connectivity index (χ1) is 15.3. The highest BCUT2D eigenvalue weighted by Crippen LogP contribution is 2.77. The van der Waals surface area contributed by atoms with Crippen LogP contribution < -0.4 is 9.47 Å². The number of hydrogen-bond acceptors (Lipinski definition) is 5. The largest absolute Gasteiger partial charge is 0.493 e. The lowest BCUT2D eigenvalue weighted by atomic mass is 9.34. The van der Waals surface area contributed by atoms with E-state index < -0.39 is 11.2 Å². The van der Waals surface area contributed by atoms with Gasteiger partial charge in [0.15, 0.2) is 11.5 Å². The van der Waals surface area contributed by atoms with Gasteiger partial charge in [0.2, 0.25) is 0 Å². The summed E-state index contributed by atoms with van der Waals surface area (Å²) in [5.41, 5.74) is 1.69. The van der Waals surface area contributed by atoms with Gasteiger partial charge in [-0.1, -0.05) is 6.07 Å². The van der Waals surface area contributed by atoms with Crippen molar-refractivity contribution < 1.29 is 19.3 Å². The second-order valence-corrected chi connectivity index (χ2v) is 12.2. The predicted octanol–water partition coefficient (Wildman–Crippen LogP) is 3.69. The average Bonchev–Trinajstić information content (AvgIpc) is 3.51. The van der Waals surface area contributed by atoms with Crippen LogP contribution in [0.2, 0.25) is 0 Å². The summed E-state index contributed by atoms with van der Waals surface area (Å²) in [6.07, 6.45) is 8.09. The van der Waals surface area contributed by atoms with Crippen molar-refractivity contribution in [2.45, 2.75) is 87.6 Å². The van der Waals surface area contributed by atoms with Gasteiger partial charge < -0.3 is 19.3 Å². The molecule has 1 aromatic carbocycles. The van der Waals surface area contributed by atoms with Crippen molar-refractivity contribution in [3.05, 3.63) is 23.3 Å². The third kappa shape index (κ3) is 2.09. The molecule has 32 heavy (non-hydrogen) atoms. The Balaban J connectivity index is 1.49. The van der Waals surface area contributed by atoms with E-state index in [4.69, 9.17) is 14.2 Å². The number of nitrogens with zero attached hydrogens (tertiary/aromatic N) is 1. The topological polar surface area (TPSA) is 51.2 Å². The summed E-state index contributed by atoms with van der Waals surface area (Å²) in [7, 11) is 3.60. The van der Waals surface area contributed by atoms with E-state index in [-0.39, 0.29) is 22.9 Å². The van der Waals surface area contributed by atoms with Crippen molar-refractivity contribution in [3.8, 4) is 11.5 Å². The van der Waals surface area contributed by atoms with Crippen LogP contribution in [0.1, 0.15) is 63.5 Å². The normalized spacial score (nSPS) is 43.7. The van der Waals surface area contributed by atoms with Crippen LogP contribution in [0.3, 0.4) is 0 Å². The fraction of sp³-hybridized carbons (Fsp3) is 0.778. The molecule has 7 aliphatic rings. The van der Waals surface area contributed by atoms with E-state index in [2.05, 4.69) is 17.0 Å². The van der Waals surface area contributed by atoms with Gasteiger partial charge in [0.05, 0.1) is 12.7 Å². The summed E-state index contributed by atoms with van der Waals surface area (Å²) in [5, 5.41) is 11.4. The summed E-state index contributed by atoms with van der Waals surface area (Å²) in [5.74, 6) is 2.76. The Bertz CT molecular complexity index is 983. The summed E-state index contributed by atoms with van der Waals surface area (Å²) < 4.78 is 19.3. The molecule has 6 atom stereocenters. The first-order valence-electron chi connectivity index (χ1n) is 12.7. The second-order valence-electron chi connectivity index (χ2n) is 12.2. The Hall–Kier alpha value is -1.30. The third-order valence-electron chi connectivity index (χ3n) is 10.7. The van der Waals surface area contributed by atoms with E-state index in [1.54, 1.807) is 7.11 Å². The van der Waals surface area contributed by atoms with Crippen molar-refractivity contribution in [3.63, 3.8) is 0 Å². The van der Waals surface area contributed by atoms with E-state index in [9.17, 15) is 5.11 Å². The van der Waals surface area contributed by atoms with Gasteiger partial charge in [-0.3, -0.25) is 4.90 Å². The highest BCUT2D eigenvalue weighted by atomic mass is 16.6. The Morgan fingerprint density at radius 1 is 1.19 bits per heavy atom. The molecule has 5 heteroatoms. The van der Waals surface area contributed by atoms with Crippen LogP contribution in [0.4, 0.5) is 0 Å². The molecule has 0 amide bonds. The molecule has 5 fully saturated rings. The zero-order chi connectivity index (χ0) is 22.1. The summed E-state index contributed by atoms with van der Waals surface area (Å²) >= 11 is 0. The fourth-order valence-corrected chi connectivity index (χ4v) is 9.38. The minimum absolute atomic E-state index is 0.0365. The predicted molar refractivity (Wildman–Crippen MR) is 121 cm³/mol. The number of hydrogen-bond donors (Lipinski definition) is 1. The number of fused-ring (bicyclic) bond motifs is 2. The Morgan fingerprint density at radius 2 is 2.00 bits per heavy atom.